The van der Waals surface area contributed by atoms with Crippen molar-refractivity contribution in [3.05, 3.63) is 52.1 Å². The van der Waals surface area contributed by atoms with Gasteiger partial charge in [-0.15, -0.1) is 0 Å². The van der Waals surface area contributed by atoms with Crippen LogP contribution in [-0.2, 0) is 11.2 Å². The fourth-order valence-electron chi connectivity index (χ4n) is 4.17. The Bertz CT molecular complexity index is 818. The van der Waals surface area contributed by atoms with Gasteiger partial charge in [0.2, 0.25) is 0 Å². The number of aliphatic hydroxyl groups is 5. The van der Waals surface area contributed by atoms with Crippen LogP contribution in [-0.4, -0.2) is 74.9 Å². The molecule has 1 aliphatic heterocycles. The highest BCUT2D eigenvalue weighted by Crippen LogP contribution is 2.35. The van der Waals surface area contributed by atoms with Gasteiger partial charge < -0.3 is 35.0 Å². The lowest BCUT2D eigenvalue weighted by atomic mass is 9.85. The van der Waals surface area contributed by atoms with Gasteiger partial charge in [-0.05, 0) is 61.4 Å². The molecular formula is C24H33ClO7. The number of hydrogen-bond acceptors (Lipinski definition) is 7. The summed E-state index contributed by atoms with van der Waals surface area (Å²) < 4.78 is 11.5. The summed E-state index contributed by atoms with van der Waals surface area (Å²) in [5, 5.41) is 50.5. The van der Waals surface area contributed by atoms with E-state index in [0.29, 0.717) is 31.4 Å². The van der Waals surface area contributed by atoms with Gasteiger partial charge in [0.15, 0.2) is 0 Å². The first kappa shape index (κ1) is 25.2. The highest BCUT2D eigenvalue weighted by atomic mass is 35.5. The first-order valence-corrected chi connectivity index (χ1v) is 11.4. The Morgan fingerprint density at radius 2 is 1.78 bits per heavy atom. The van der Waals surface area contributed by atoms with Crippen molar-refractivity contribution in [2.45, 2.75) is 82.3 Å². The average molecular weight is 469 g/mol. The molecule has 0 radical (unpaired) electrons. The van der Waals surface area contributed by atoms with Crippen LogP contribution in [0.1, 0.15) is 38.7 Å². The predicted molar refractivity (Wildman–Crippen MR) is 120 cm³/mol. The minimum atomic E-state index is -1.40. The van der Waals surface area contributed by atoms with Crippen molar-refractivity contribution in [3.8, 4) is 5.75 Å². The molecule has 2 aliphatic rings. The molecule has 0 amide bonds. The molecule has 1 saturated heterocycles. The lowest BCUT2D eigenvalue weighted by Crippen LogP contribution is -2.59. The van der Waals surface area contributed by atoms with Crippen molar-refractivity contribution in [1.29, 1.82) is 0 Å². The molecule has 0 spiro atoms. The van der Waals surface area contributed by atoms with Crippen molar-refractivity contribution in [3.63, 3.8) is 0 Å². The van der Waals surface area contributed by atoms with Gasteiger partial charge in [-0.3, -0.25) is 0 Å². The third-order valence-corrected chi connectivity index (χ3v) is 6.58. The number of ether oxygens (including phenoxy) is 2. The Balaban J connectivity index is 1.73. The molecule has 1 heterocycles. The summed E-state index contributed by atoms with van der Waals surface area (Å²) in [7, 11) is 0. The standard InChI is InChI=1S/C24H33ClO7/c1-3-19(13(2)27)31-17-7-4-14(5-8-17)10-16-11-15(6-9-18(16)25)24-23(30)22(29)21(28)20(12-26)32-24/h4-5,7-8,11,13,19-24,26-30H,3,6,9-10,12H2,1-2H3/t13?,19?,20-,21-,22?,23-,24+/m1/s1. The van der Waals surface area contributed by atoms with Gasteiger partial charge in [-0.25, -0.2) is 0 Å². The van der Waals surface area contributed by atoms with Crippen LogP contribution in [0.4, 0.5) is 0 Å². The number of aliphatic hydroxyl groups excluding tert-OH is 5. The predicted octanol–water partition coefficient (Wildman–Crippen LogP) is 1.82. The van der Waals surface area contributed by atoms with E-state index in [-0.39, 0.29) is 6.10 Å². The lowest BCUT2D eigenvalue weighted by molar-refractivity contribution is -0.219. The van der Waals surface area contributed by atoms with E-state index in [1.54, 1.807) is 6.92 Å². The van der Waals surface area contributed by atoms with E-state index in [9.17, 15) is 25.5 Å². The van der Waals surface area contributed by atoms with E-state index >= 15 is 0 Å². The van der Waals surface area contributed by atoms with Gasteiger partial charge >= 0.3 is 0 Å². The molecule has 7 atom stereocenters. The number of halogens is 1. The van der Waals surface area contributed by atoms with E-state index in [1.165, 1.54) is 0 Å². The maximum atomic E-state index is 10.4. The van der Waals surface area contributed by atoms with Gasteiger partial charge in [0.1, 0.15) is 42.4 Å². The highest BCUT2D eigenvalue weighted by Gasteiger charge is 2.44. The Morgan fingerprint density at radius 3 is 2.38 bits per heavy atom. The quantitative estimate of drug-likeness (QED) is 0.394. The van der Waals surface area contributed by atoms with Gasteiger partial charge in [0.05, 0.1) is 12.7 Å². The Morgan fingerprint density at radius 1 is 1.09 bits per heavy atom. The highest BCUT2D eigenvalue weighted by molar-refractivity contribution is 6.30. The van der Waals surface area contributed by atoms with Crippen molar-refractivity contribution in [1.82, 2.24) is 0 Å². The Kier molecular flexibility index (Phi) is 8.75. The Labute approximate surface area is 193 Å². The normalized spacial score (nSPS) is 30.6. The van der Waals surface area contributed by atoms with E-state index in [1.807, 2.05) is 37.3 Å². The smallest absolute Gasteiger partial charge is 0.124 e. The summed E-state index contributed by atoms with van der Waals surface area (Å²) in [6.45, 7) is 3.21. The first-order valence-electron chi connectivity index (χ1n) is 11.1. The van der Waals surface area contributed by atoms with Gasteiger partial charge in [0, 0.05) is 5.03 Å². The van der Waals surface area contributed by atoms with Gasteiger partial charge in [0.25, 0.3) is 0 Å². The second-order valence-electron chi connectivity index (χ2n) is 8.52. The molecule has 8 heteroatoms. The topological polar surface area (TPSA) is 120 Å². The summed E-state index contributed by atoms with van der Waals surface area (Å²) in [5.41, 5.74) is 2.67. The fraction of sp³-hybridized carbons (Fsp3) is 0.583. The van der Waals surface area contributed by atoms with Crippen LogP contribution in [0.3, 0.4) is 0 Å². The number of benzene rings is 1. The van der Waals surface area contributed by atoms with E-state index in [4.69, 9.17) is 21.1 Å². The molecule has 3 rings (SSSR count). The zero-order valence-electron chi connectivity index (χ0n) is 18.4. The fourth-order valence-corrected chi connectivity index (χ4v) is 4.39. The zero-order valence-corrected chi connectivity index (χ0v) is 19.2. The van der Waals surface area contributed by atoms with Crippen molar-refractivity contribution in [2.24, 2.45) is 0 Å². The SMILES string of the molecule is CCC(Oc1ccc(CC2=C(Cl)CCC([C@@H]3O[C@H](CO)[C@@H](O)C(O)[C@H]3O)=C2)cc1)C(C)O. The minimum absolute atomic E-state index is 0.264. The van der Waals surface area contributed by atoms with Crippen LogP contribution in [0, 0.1) is 0 Å². The largest absolute Gasteiger partial charge is 0.488 e. The maximum Gasteiger partial charge on any atom is 0.124 e. The third kappa shape index (κ3) is 5.72. The van der Waals surface area contributed by atoms with E-state index < -0.39 is 43.2 Å². The average Bonchev–Trinajstić information content (AvgIpc) is 2.78. The molecule has 3 unspecified atom stereocenters. The molecular weight excluding hydrogens is 436 g/mol. The van der Waals surface area contributed by atoms with Crippen LogP contribution in [0.2, 0.25) is 0 Å². The minimum Gasteiger partial charge on any atom is -0.488 e. The summed E-state index contributed by atoms with van der Waals surface area (Å²) in [4.78, 5) is 0. The number of allylic oxidation sites excluding steroid dienone is 3. The van der Waals surface area contributed by atoms with Gasteiger partial charge in [-0.1, -0.05) is 36.7 Å². The molecule has 0 bridgehead atoms. The monoisotopic (exact) mass is 468 g/mol. The van der Waals surface area contributed by atoms with Crippen molar-refractivity contribution < 1.29 is 35.0 Å². The van der Waals surface area contributed by atoms with Crippen LogP contribution >= 0.6 is 11.6 Å². The second kappa shape index (κ2) is 11.1. The second-order valence-corrected chi connectivity index (χ2v) is 8.98. The summed E-state index contributed by atoms with van der Waals surface area (Å²) in [5.74, 6) is 0.683. The maximum absolute atomic E-state index is 10.4. The van der Waals surface area contributed by atoms with E-state index in [2.05, 4.69) is 0 Å². The third-order valence-electron chi connectivity index (χ3n) is 6.14. The van der Waals surface area contributed by atoms with Crippen molar-refractivity contribution in [2.75, 3.05) is 6.61 Å². The molecule has 5 N–H and O–H groups in total. The summed E-state index contributed by atoms with van der Waals surface area (Å²) >= 11 is 6.48. The molecule has 1 aliphatic carbocycles. The van der Waals surface area contributed by atoms with Crippen LogP contribution in [0.25, 0.3) is 0 Å². The first-order chi connectivity index (χ1) is 15.2. The summed E-state index contributed by atoms with van der Waals surface area (Å²) in [6.07, 6.45) is -2.40. The molecule has 1 fully saturated rings. The molecule has 7 nitrogen and oxygen atoms in total. The number of hydrogen-bond donors (Lipinski definition) is 5. The zero-order chi connectivity index (χ0) is 23.4. The molecule has 32 heavy (non-hydrogen) atoms. The molecule has 0 aromatic heterocycles. The summed E-state index contributed by atoms with van der Waals surface area (Å²) in [6, 6.07) is 7.61. The molecule has 1 aromatic carbocycles. The van der Waals surface area contributed by atoms with Crippen LogP contribution in [0.5, 0.6) is 5.75 Å². The number of rotatable bonds is 8. The van der Waals surface area contributed by atoms with E-state index in [0.717, 1.165) is 21.7 Å². The van der Waals surface area contributed by atoms with Crippen LogP contribution in [0.15, 0.2) is 46.5 Å². The van der Waals surface area contributed by atoms with Gasteiger partial charge in [-0.2, -0.15) is 0 Å². The van der Waals surface area contributed by atoms with Crippen molar-refractivity contribution >= 4 is 11.6 Å². The molecule has 178 valence electrons. The molecule has 0 saturated carbocycles. The Hall–Kier alpha value is -1.45. The molecule has 1 aromatic rings. The van der Waals surface area contributed by atoms with Crippen LogP contribution < -0.4 is 4.74 Å². The lowest BCUT2D eigenvalue weighted by Gasteiger charge is -2.41.